The molecule has 8 heavy (non-hydrogen) atoms. The molecule has 1 aliphatic carbocycles. The van der Waals surface area contributed by atoms with E-state index in [0.717, 1.165) is 12.8 Å². The lowest BCUT2D eigenvalue weighted by Crippen LogP contribution is -2.46. The van der Waals surface area contributed by atoms with E-state index in [4.69, 9.17) is 11.5 Å². The van der Waals surface area contributed by atoms with Gasteiger partial charge in [0.15, 0.2) is 0 Å². The monoisotopic (exact) mass is 226 g/mol. The van der Waals surface area contributed by atoms with E-state index in [1.807, 2.05) is 0 Å². The summed E-state index contributed by atoms with van der Waals surface area (Å²) >= 11 is 2.40. The third-order valence-corrected chi connectivity index (χ3v) is 2.59. The van der Waals surface area contributed by atoms with Crippen LogP contribution in [0.15, 0.2) is 0 Å². The summed E-state index contributed by atoms with van der Waals surface area (Å²) in [6.07, 6.45) is 3.15. The molecular formula is C5H11IN2. The van der Waals surface area contributed by atoms with Crippen LogP contribution < -0.4 is 11.5 Å². The Morgan fingerprint density at radius 1 is 1.50 bits per heavy atom. The van der Waals surface area contributed by atoms with E-state index >= 15 is 0 Å². The Hall–Kier alpha value is 0.650. The van der Waals surface area contributed by atoms with Crippen molar-refractivity contribution in [3.05, 3.63) is 0 Å². The second-order valence-corrected chi connectivity index (χ2v) is 4.33. The summed E-state index contributed by atoms with van der Waals surface area (Å²) in [5.74, 6) is 0. The Kier molecular flexibility index (Phi) is 1.79. The van der Waals surface area contributed by atoms with Gasteiger partial charge in [0, 0.05) is 3.92 Å². The van der Waals surface area contributed by atoms with Gasteiger partial charge in [-0.1, -0.05) is 22.6 Å². The van der Waals surface area contributed by atoms with Crippen LogP contribution in [0.25, 0.3) is 0 Å². The normalized spacial score (nSPS) is 35.6. The van der Waals surface area contributed by atoms with Crippen molar-refractivity contribution in [3.8, 4) is 0 Å². The van der Waals surface area contributed by atoms with E-state index in [-0.39, 0.29) is 5.66 Å². The smallest absolute Gasteiger partial charge is 0.0647 e. The molecule has 1 fully saturated rings. The maximum Gasteiger partial charge on any atom is 0.0647 e. The summed E-state index contributed by atoms with van der Waals surface area (Å²) in [5, 5.41) is 0. The molecule has 2 nitrogen and oxygen atoms in total. The first-order valence-electron chi connectivity index (χ1n) is 2.82. The number of hydrogen-bond acceptors (Lipinski definition) is 2. The van der Waals surface area contributed by atoms with E-state index < -0.39 is 0 Å². The third-order valence-electron chi connectivity index (χ3n) is 1.52. The van der Waals surface area contributed by atoms with E-state index in [2.05, 4.69) is 22.6 Å². The van der Waals surface area contributed by atoms with Gasteiger partial charge in [-0.05, 0) is 19.3 Å². The zero-order valence-corrected chi connectivity index (χ0v) is 6.89. The third kappa shape index (κ3) is 1.56. The van der Waals surface area contributed by atoms with Crippen molar-refractivity contribution in [2.24, 2.45) is 11.5 Å². The minimum atomic E-state index is -0.341. The number of nitrogens with two attached hydrogens (primary N) is 2. The van der Waals surface area contributed by atoms with Gasteiger partial charge < -0.3 is 11.5 Å². The molecule has 0 aliphatic heterocycles. The average molecular weight is 226 g/mol. The van der Waals surface area contributed by atoms with Crippen LogP contribution in [-0.2, 0) is 0 Å². The zero-order chi connectivity index (χ0) is 6.20. The highest BCUT2D eigenvalue weighted by atomic mass is 127. The Bertz CT molecular complexity index is 92.4. The molecule has 1 saturated carbocycles. The summed E-state index contributed by atoms with van der Waals surface area (Å²) in [7, 11) is 0. The minimum Gasteiger partial charge on any atom is -0.313 e. The van der Waals surface area contributed by atoms with Gasteiger partial charge in [0.05, 0.1) is 5.66 Å². The lowest BCUT2D eigenvalue weighted by Gasteiger charge is -2.15. The molecule has 0 aromatic heterocycles. The van der Waals surface area contributed by atoms with Gasteiger partial charge in [-0.3, -0.25) is 0 Å². The van der Waals surface area contributed by atoms with Crippen molar-refractivity contribution < 1.29 is 0 Å². The molecule has 48 valence electrons. The maximum absolute atomic E-state index is 5.64. The maximum atomic E-state index is 5.64. The van der Waals surface area contributed by atoms with Gasteiger partial charge in [0.25, 0.3) is 0 Å². The van der Waals surface area contributed by atoms with E-state index in [9.17, 15) is 0 Å². The lowest BCUT2D eigenvalue weighted by molar-refractivity contribution is 0.461. The topological polar surface area (TPSA) is 52.0 Å². The molecule has 0 unspecified atom stereocenters. The first-order valence-corrected chi connectivity index (χ1v) is 4.06. The van der Waals surface area contributed by atoms with Gasteiger partial charge >= 0.3 is 0 Å². The predicted molar refractivity (Wildman–Crippen MR) is 42.8 cm³/mol. The minimum absolute atomic E-state index is 0.341. The van der Waals surface area contributed by atoms with E-state index in [0.29, 0.717) is 3.92 Å². The molecule has 1 aliphatic rings. The van der Waals surface area contributed by atoms with E-state index in [1.165, 1.54) is 6.42 Å². The molecular weight excluding hydrogens is 215 g/mol. The highest BCUT2D eigenvalue weighted by molar-refractivity contribution is 14.1. The van der Waals surface area contributed by atoms with Crippen LogP contribution in [-0.4, -0.2) is 9.59 Å². The predicted octanol–water partition coefficient (Wildman–Crippen LogP) is 0.588. The number of halogens is 1. The van der Waals surface area contributed by atoms with Crippen molar-refractivity contribution in [2.75, 3.05) is 0 Å². The quantitative estimate of drug-likeness (QED) is 0.360. The zero-order valence-electron chi connectivity index (χ0n) is 4.73. The highest BCUT2D eigenvalue weighted by Crippen LogP contribution is 2.28. The summed E-state index contributed by atoms with van der Waals surface area (Å²) in [6.45, 7) is 0. The second-order valence-electron chi connectivity index (χ2n) is 2.57. The lowest BCUT2D eigenvalue weighted by atomic mass is 10.2. The van der Waals surface area contributed by atoms with Crippen molar-refractivity contribution in [1.82, 2.24) is 0 Å². The van der Waals surface area contributed by atoms with Gasteiger partial charge in [-0.15, -0.1) is 0 Å². The molecule has 0 aromatic rings. The molecule has 4 N–H and O–H groups in total. The Balaban J connectivity index is 2.44. The second kappa shape index (κ2) is 2.11. The first kappa shape index (κ1) is 6.77. The molecule has 0 saturated heterocycles. The molecule has 0 bridgehead atoms. The van der Waals surface area contributed by atoms with E-state index in [1.54, 1.807) is 0 Å². The Morgan fingerprint density at radius 3 is 2.25 bits per heavy atom. The molecule has 0 amide bonds. The standard InChI is InChI=1S/C5H11IN2/c6-4-1-2-5(7,8)3-4/h4H,1-3,7-8H2/t4-/m1/s1. The summed E-state index contributed by atoms with van der Waals surface area (Å²) in [5.41, 5.74) is 10.9. The number of rotatable bonds is 0. The first-order chi connectivity index (χ1) is 3.60. The Labute approximate surface area is 63.1 Å². The van der Waals surface area contributed by atoms with Crippen molar-refractivity contribution in [1.29, 1.82) is 0 Å². The molecule has 3 heteroatoms. The van der Waals surface area contributed by atoms with Crippen LogP contribution in [0.2, 0.25) is 0 Å². The fourth-order valence-corrected chi connectivity index (χ4v) is 2.17. The molecule has 1 atom stereocenters. The van der Waals surface area contributed by atoms with Crippen LogP contribution in [0.5, 0.6) is 0 Å². The summed E-state index contributed by atoms with van der Waals surface area (Å²) in [6, 6.07) is 0. The van der Waals surface area contributed by atoms with Crippen LogP contribution >= 0.6 is 22.6 Å². The largest absolute Gasteiger partial charge is 0.313 e. The Morgan fingerprint density at radius 2 is 2.12 bits per heavy atom. The van der Waals surface area contributed by atoms with Crippen molar-refractivity contribution in [3.63, 3.8) is 0 Å². The van der Waals surface area contributed by atoms with Crippen molar-refractivity contribution in [2.45, 2.75) is 28.8 Å². The number of alkyl halides is 1. The van der Waals surface area contributed by atoms with Gasteiger partial charge in [-0.25, -0.2) is 0 Å². The van der Waals surface area contributed by atoms with Crippen LogP contribution in [0.3, 0.4) is 0 Å². The van der Waals surface area contributed by atoms with Gasteiger partial charge in [-0.2, -0.15) is 0 Å². The summed E-state index contributed by atoms with van der Waals surface area (Å²) in [4.78, 5) is 0. The van der Waals surface area contributed by atoms with Crippen molar-refractivity contribution >= 4 is 22.6 Å². The molecule has 0 radical (unpaired) electrons. The van der Waals surface area contributed by atoms with Gasteiger partial charge in [0.2, 0.25) is 0 Å². The fourth-order valence-electron chi connectivity index (χ4n) is 1.04. The highest BCUT2D eigenvalue weighted by Gasteiger charge is 2.29. The summed E-state index contributed by atoms with van der Waals surface area (Å²) < 4.78 is 0.711. The van der Waals surface area contributed by atoms with Crippen LogP contribution in [0, 0.1) is 0 Å². The molecule has 0 spiro atoms. The number of hydrogen-bond donors (Lipinski definition) is 2. The molecule has 0 heterocycles. The SMILES string of the molecule is NC1(N)CC[C@@H](I)C1. The van der Waals surface area contributed by atoms with Crippen LogP contribution in [0.4, 0.5) is 0 Å². The fraction of sp³-hybridized carbons (Fsp3) is 1.00. The van der Waals surface area contributed by atoms with Gasteiger partial charge in [0.1, 0.15) is 0 Å². The average Bonchev–Trinajstić information content (AvgIpc) is 1.82. The van der Waals surface area contributed by atoms with Crippen LogP contribution in [0.1, 0.15) is 19.3 Å². The molecule has 0 aromatic carbocycles. The molecule has 1 rings (SSSR count).